The van der Waals surface area contributed by atoms with E-state index in [0.29, 0.717) is 50.8 Å². The first-order valence-corrected chi connectivity index (χ1v) is 13.6. The predicted octanol–water partition coefficient (Wildman–Crippen LogP) is 1.39. The Morgan fingerprint density at radius 1 is 0.946 bits per heavy atom. The highest BCUT2D eigenvalue weighted by Crippen LogP contribution is 2.24. The summed E-state index contributed by atoms with van der Waals surface area (Å²) in [6, 6.07) is 9.63. The molecule has 1 aliphatic heterocycles. The fourth-order valence-corrected chi connectivity index (χ4v) is 4.29. The van der Waals surface area contributed by atoms with Crippen LogP contribution in [0, 0.1) is 0 Å². The summed E-state index contributed by atoms with van der Waals surface area (Å²) in [4.78, 5) is 22.5. The SMILES string of the molecule is CO[C@H]1O[C@H](COCc2ccccc2)[C@@H](O)[C@H](O)[C@H]1OCCOCCOCCSCC(=O)CCC(C)=O. The van der Waals surface area contributed by atoms with Crippen LogP contribution in [0.5, 0.6) is 0 Å². The summed E-state index contributed by atoms with van der Waals surface area (Å²) in [5.41, 5.74) is 0.996. The minimum atomic E-state index is -1.21. The van der Waals surface area contributed by atoms with Crippen LogP contribution in [-0.4, -0.2) is 111 Å². The molecule has 0 radical (unpaired) electrons. The van der Waals surface area contributed by atoms with Crippen LogP contribution in [0.3, 0.4) is 0 Å². The first-order chi connectivity index (χ1) is 17.9. The van der Waals surface area contributed by atoms with Crippen molar-refractivity contribution < 1.29 is 48.2 Å². The number of aliphatic hydroxyl groups excluding tert-OH is 2. The van der Waals surface area contributed by atoms with E-state index >= 15 is 0 Å². The lowest BCUT2D eigenvalue weighted by molar-refractivity contribution is -0.306. The molecular weight excluding hydrogens is 504 g/mol. The number of carbonyl (C=O) groups excluding carboxylic acids is 2. The van der Waals surface area contributed by atoms with Crippen LogP contribution >= 0.6 is 11.8 Å². The smallest absolute Gasteiger partial charge is 0.186 e. The number of aliphatic hydroxyl groups is 2. The topological polar surface area (TPSA) is 130 Å². The molecular formula is C26H40O10S. The van der Waals surface area contributed by atoms with E-state index in [9.17, 15) is 19.8 Å². The van der Waals surface area contributed by atoms with Crippen LogP contribution < -0.4 is 0 Å². The lowest BCUT2D eigenvalue weighted by Crippen LogP contribution is -2.60. The molecule has 5 atom stereocenters. The first-order valence-electron chi connectivity index (χ1n) is 12.4. The van der Waals surface area contributed by atoms with E-state index in [1.54, 1.807) is 0 Å². The summed E-state index contributed by atoms with van der Waals surface area (Å²) in [7, 11) is 1.45. The number of thioether (sulfide) groups is 1. The zero-order chi connectivity index (χ0) is 26.9. The van der Waals surface area contributed by atoms with E-state index in [1.807, 2.05) is 30.3 Å². The summed E-state index contributed by atoms with van der Waals surface area (Å²) >= 11 is 1.48. The lowest BCUT2D eigenvalue weighted by atomic mass is 9.99. The van der Waals surface area contributed by atoms with E-state index in [1.165, 1.54) is 25.8 Å². The average molecular weight is 545 g/mol. The summed E-state index contributed by atoms with van der Waals surface area (Å²) in [5.74, 6) is 1.18. The molecule has 11 heteroatoms. The maximum Gasteiger partial charge on any atom is 0.186 e. The molecule has 1 aliphatic rings. The zero-order valence-electron chi connectivity index (χ0n) is 21.6. The number of hydrogen-bond donors (Lipinski definition) is 2. The number of rotatable bonds is 20. The highest BCUT2D eigenvalue weighted by Gasteiger charge is 2.45. The minimum Gasteiger partial charge on any atom is -0.387 e. The van der Waals surface area contributed by atoms with Crippen LogP contribution in [0.4, 0.5) is 0 Å². The van der Waals surface area contributed by atoms with Crippen molar-refractivity contribution in [2.45, 2.75) is 57.1 Å². The van der Waals surface area contributed by atoms with Gasteiger partial charge in [0, 0.05) is 25.7 Å². The Morgan fingerprint density at radius 3 is 2.35 bits per heavy atom. The molecule has 37 heavy (non-hydrogen) atoms. The van der Waals surface area contributed by atoms with Gasteiger partial charge in [-0.25, -0.2) is 0 Å². The number of hydrogen-bond acceptors (Lipinski definition) is 11. The Bertz CT molecular complexity index is 763. The van der Waals surface area contributed by atoms with Gasteiger partial charge in [-0.1, -0.05) is 30.3 Å². The molecule has 1 fully saturated rings. The predicted molar refractivity (Wildman–Crippen MR) is 137 cm³/mol. The van der Waals surface area contributed by atoms with Gasteiger partial charge in [-0.2, -0.15) is 11.8 Å². The number of Topliss-reactive ketones (excluding diaryl/α,β-unsaturated/α-hetero) is 2. The van der Waals surface area contributed by atoms with Gasteiger partial charge in [0.15, 0.2) is 6.29 Å². The van der Waals surface area contributed by atoms with Crippen molar-refractivity contribution in [1.29, 1.82) is 0 Å². The monoisotopic (exact) mass is 544 g/mol. The molecule has 0 aromatic heterocycles. The molecule has 10 nitrogen and oxygen atoms in total. The van der Waals surface area contributed by atoms with E-state index in [0.717, 1.165) is 5.56 Å². The normalized spacial score (nSPS) is 23.7. The second-order valence-corrected chi connectivity index (χ2v) is 9.72. The molecule has 2 rings (SSSR count). The van der Waals surface area contributed by atoms with E-state index in [4.69, 9.17) is 28.4 Å². The molecule has 0 bridgehead atoms. The second kappa shape index (κ2) is 18.8. The molecule has 0 saturated carbocycles. The summed E-state index contributed by atoms with van der Waals surface area (Å²) < 4.78 is 33.4. The third kappa shape index (κ3) is 12.8. The van der Waals surface area contributed by atoms with Gasteiger partial charge in [0.1, 0.15) is 36.0 Å². The van der Waals surface area contributed by atoms with Gasteiger partial charge in [0.25, 0.3) is 0 Å². The number of carbonyl (C=O) groups is 2. The van der Waals surface area contributed by atoms with Crippen LogP contribution in [0.2, 0.25) is 0 Å². The third-order valence-electron chi connectivity index (χ3n) is 5.57. The standard InChI is InChI=1S/C26H40O10S/c1-19(27)8-9-21(28)18-37-15-14-33-11-10-32-12-13-35-25-24(30)23(29)22(36-26(25)31-2)17-34-16-20-6-4-3-5-7-20/h3-7,22-26,29-30H,8-18H2,1-2H3/t22-,23-,24+,25-,26+/m1/s1. The third-order valence-corrected chi connectivity index (χ3v) is 6.55. The fraction of sp³-hybridized carbons (Fsp3) is 0.692. The van der Waals surface area contributed by atoms with Crippen molar-refractivity contribution in [2.24, 2.45) is 0 Å². The highest BCUT2D eigenvalue weighted by molar-refractivity contribution is 7.99. The fourth-order valence-electron chi connectivity index (χ4n) is 3.53. The van der Waals surface area contributed by atoms with Crippen molar-refractivity contribution >= 4 is 23.3 Å². The average Bonchev–Trinajstić information content (AvgIpc) is 2.90. The number of benzene rings is 1. The Kier molecular flexibility index (Phi) is 16.1. The highest BCUT2D eigenvalue weighted by atomic mass is 32.2. The molecule has 0 spiro atoms. The van der Waals surface area contributed by atoms with Gasteiger partial charge in [0.2, 0.25) is 0 Å². The molecule has 1 heterocycles. The second-order valence-electron chi connectivity index (χ2n) is 8.61. The Labute approximate surface area is 222 Å². The van der Waals surface area contributed by atoms with Crippen molar-refractivity contribution in [3.05, 3.63) is 35.9 Å². The molecule has 1 saturated heterocycles. The summed E-state index contributed by atoms with van der Waals surface area (Å²) in [6.07, 6.45) is -4.28. The van der Waals surface area contributed by atoms with E-state index < -0.39 is 30.7 Å². The maximum atomic E-state index is 11.6. The van der Waals surface area contributed by atoms with Crippen LogP contribution in [-0.2, 0) is 44.6 Å². The van der Waals surface area contributed by atoms with Gasteiger partial charge >= 0.3 is 0 Å². The van der Waals surface area contributed by atoms with Crippen LogP contribution in [0.15, 0.2) is 30.3 Å². The van der Waals surface area contributed by atoms with E-state index in [-0.39, 0.29) is 31.4 Å². The number of methoxy groups -OCH3 is 1. The first kappa shape index (κ1) is 31.8. The molecule has 0 aliphatic carbocycles. The Hall–Kier alpha value is -1.41. The quantitative estimate of drug-likeness (QED) is 0.231. The van der Waals surface area contributed by atoms with Crippen LogP contribution in [0.25, 0.3) is 0 Å². The lowest BCUT2D eigenvalue weighted by Gasteiger charge is -2.41. The van der Waals surface area contributed by atoms with E-state index in [2.05, 4.69) is 0 Å². The molecule has 0 unspecified atom stereocenters. The van der Waals surface area contributed by atoms with Crippen LogP contribution in [0.1, 0.15) is 25.3 Å². The van der Waals surface area contributed by atoms with Gasteiger partial charge < -0.3 is 43.4 Å². The summed E-state index contributed by atoms with van der Waals surface area (Å²) in [5, 5.41) is 21.1. The summed E-state index contributed by atoms with van der Waals surface area (Å²) in [6.45, 7) is 3.65. The number of ether oxygens (including phenoxy) is 6. The van der Waals surface area contributed by atoms with Gasteiger partial charge in [-0.3, -0.25) is 4.79 Å². The maximum absolute atomic E-state index is 11.6. The molecule has 0 amide bonds. The molecule has 210 valence electrons. The van der Waals surface area contributed by atoms with Crippen molar-refractivity contribution in [3.8, 4) is 0 Å². The van der Waals surface area contributed by atoms with Gasteiger partial charge in [-0.15, -0.1) is 0 Å². The van der Waals surface area contributed by atoms with Crippen molar-refractivity contribution in [2.75, 3.05) is 58.3 Å². The number of ketones is 2. The van der Waals surface area contributed by atoms with Crippen molar-refractivity contribution in [3.63, 3.8) is 0 Å². The zero-order valence-corrected chi connectivity index (χ0v) is 22.4. The minimum absolute atomic E-state index is 0.0281. The van der Waals surface area contributed by atoms with Gasteiger partial charge in [-0.05, 0) is 12.5 Å². The molecule has 2 N–H and O–H groups in total. The largest absolute Gasteiger partial charge is 0.387 e. The molecule has 1 aromatic rings. The Balaban J connectivity index is 1.53. The molecule has 1 aromatic carbocycles. The Morgan fingerprint density at radius 2 is 1.65 bits per heavy atom. The van der Waals surface area contributed by atoms with Gasteiger partial charge in [0.05, 0.1) is 52.0 Å². The van der Waals surface area contributed by atoms with Crippen molar-refractivity contribution in [1.82, 2.24) is 0 Å².